The second kappa shape index (κ2) is 12.1. The molecule has 0 atom stereocenters. The Morgan fingerprint density at radius 1 is 0.645 bits per heavy atom. The van der Waals surface area contributed by atoms with Gasteiger partial charge in [-0.25, -0.2) is 4.79 Å². The standard InChI is InChI=1S/C29H34O2/c1-3-5-6-7-8-9-10-24-13-15-25(16-14-24)26-19-21-28(22-20-26)31-29(30)27-17-11-23(4-2)12-18-27/h11-22H,3-10H2,1-2H3. The Morgan fingerprint density at radius 2 is 1.19 bits per heavy atom. The third-order valence-electron chi connectivity index (χ3n) is 5.77. The highest BCUT2D eigenvalue weighted by atomic mass is 16.5. The zero-order chi connectivity index (χ0) is 21.9. The first-order valence-corrected chi connectivity index (χ1v) is 11.7. The average Bonchev–Trinajstić information content (AvgIpc) is 2.82. The monoisotopic (exact) mass is 414 g/mol. The number of benzene rings is 3. The number of carbonyl (C=O) groups is 1. The molecule has 31 heavy (non-hydrogen) atoms. The number of ether oxygens (including phenoxy) is 1. The molecule has 0 unspecified atom stereocenters. The van der Waals surface area contributed by atoms with E-state index >= 15 is 0 Å². The molecule has 0 bridgehead atoms. The van der Waals surface area contributed by atoms with Gasteiger partial charge in [-0.1, -0.05) is 94.5 Å². The van der Waals surface area contributed by atoms with E-state index in [0.29, 0.717) is 11.3 Å². The Hall–Kier alpha value is -2.87. The lowest BCUT2D eigenvalue weighted by Crippen LogP contribution is -2.08. The summed E-state index contributed by atoms with van der Waals surface area (Å²) in [5.41, 5.74) is 5.48. The molecule has 3 aromatic carbocycles. The van der Waals surface area contributed by atoms with Crippen LogP contribution in [0.15, 0.2) is 72.8 Å². The van der Waals surface area contributed by atoms with Gasteiger partial charge in [0, 0.05) is 0 Å². The summed E-state index contributed by atoms with van der Waals surface area (Å²) < 4.78 is 5.52. The lowest BCUT2D eigenvalue weighted by molar-refractivity contribution is 0.0735. The SMILES string of the molecule is CCCCCCCCc1ccc(-c2ccc(OC(=O)c3ccc(CC)cc3)cc2)cc1. The predicted octanol–water partition coefficient (Wildman–Crippen LogP) is 8.04. The highest BCUT2D eigenvalue weighted by Gasteiger charge is 2.09. The van der Waals surface area contributed by atoms with Crippen LogP contribution in [0.25, 0.3) is 11.1 Å². The maximum absolute atomic E-state index is 12.3. The number of unbranched alkanes of at least 4 members (excludes halogenated alkanes) is 5. The molecule has 0 radical (unpaired) electrons. The Morgan fingerprint density at radius 3 is 1.81 bits per heavy atom. The molecule has 0 aromatic heterocycles. The van der Waals surface area contributed by atoms with Gasteiger partial charge in [-0.3, -0.25) is 0 Å². The highest BCUT2D eigenvalue weighted by Crippen LogP contribution is 2.24. The third kappa shape index (κ3) is 7.10. The third-order valence-corrected chi connectivity index (χ3v) is 5.77. The van der Waals surface area contributed by atoms with Crippen LogP contribution in [-0.2, 0) is 12.8 Å². The summed E-state index contributed by atoms with van der Waals surface area (Å²) in [6.07, 6.45) is 10.1. The van der Waals surface area contributed by atoms with Crippen molar-refractivity contribution >= 4 is 5.97 Å². The number of carbonyl (C=O) groups excluding carboxylic acids is 1. The van der Waals surface area contributed by atoms with Gasteiger partial charge in [0.15, 0.2) is 0 Å². The van der Waals surface area contributed by atoms with Crippen LogP contribution in [0.3, 0.4) is 0 Å². The summed E-state index contributed by atoms with van der Waals surface area (Å²) in [7, 11) is 0. The van der Waals surface area contributed by atoms with Gasteiger partial charge in [-0.2, -0.15) is 0 Å². The normalized spacial score (nSPS) is 10.8. The van der Waals surface area contributed by atoms with Gasteiger partial charge in [0.25, 0.3) is 0 Å². The van der Waals surface area contributed by atoms with E-state index in [1.54, 1.807) is 0 Å². The first kappa shape index (κ1) is 22.8. The van der Waals surface area contributed by atoms with E-state index in [1.165, 1.54) is 55.2 Å². The molecule has 0 fully saturated rings. The first-order valence-electron chi connectivity index (χ1n) is 11.7. The smallest absolute Gasteiger partial charge is 0.343 e. The molecule has 0 spiro atoms. The van der Waals surface area contributed by atoms with Gasteiger partial charge < -0.3 is 4.74 Å². The fourth-order valence-corrected chi connectivity index (χ4v) is 3.73. The molecule has 0 aliphatic rings. The largest absolute Gasteiger partial charge is 0.423 e. The van der Waals surface area contributed by atoms with Crippen LogP contribution >= 0.6 is 0 Å². The average molecular weight is 415 g/mol. The Labute approximate surface area is 187 Å². The van der Waals surface area contributed by atoms with Crippen molar-refractivity contribution in [1.29, 1.82) is 0 Å². The first-order chi connectivity index (χ1) is 15.2. The quantitative estimate of drug-likeness (QED) is 0.180. The molecule has 0 saturated heterocycles. The zero-order valence-corrected chi connectivity index (χ0v) is 18.9. The summed E-state index contributed by atoms with van der Waals surface area (Å²) >= 11 is 0. The Balaban J connectivity index is 1.51. The van der Waals surface area contributed by atoms with E-state index in [1.807, 2.05) is 48.5 Å². The molecular formula is C29H34O2. The number of rotatable bonds is 11. The van der Waals surface area contributed by atoms with E-state index in [4.69, 9.17) is 4.74 Å². The summed E-state index contributed by atoms with van der Waals surface area (Å²) in [6, 6.07) is 24.1. The molecule has 0 amide bonds. The molecule has 0 N–H and O–H groups in total. The Kier molecular flexibility index (Phi) is 8.90. The second-order valence-corrected chi connectivity index (χ2v) is 8.18. The molecule has 2 nitrogen and oxygen atoms in total. The van der Waals surface area contributed by atoms with E-state index in [0.717, 1.165) is 18.4 Å². The van der Waals surface area contributed by atoms with E-state index < -0.39 is 0 Å². The van der Waals surface area contributed by atoms with Gasteiger partial charge in [0.1, 0.15) is 5.75 Å². The molecule has 0 aliphatic heterocycles. The lowest BCUT2D eigenvalue weighted by Gasteiger charge is -2.08. The molecule has 0 aliphatic carbocycles. The highest BCUT2D eigenvalue weighted by molar-refractivity contribution is 5.91. The van der Waals surface area contributed by atoms with Crippen LogP contribution in [0, 0.1) is 0 Å². The van der Waals surface area contributed by atoms with Gasteiger partial charge in [0.05, 0.1) is 5.56 Å². The molecule has 2 heteroatoms. The van der Waals surface area contributed by atoms with Crippen LogP contribution in [0.4, 0.5) is 0 Å². The van der Waals surface area contributed by atoms with Crippen molar-refractivity contribution in [3.05, 3.63) is 89.5 Å². The van der Waals surface area contributed by atoms with Gasteiger partial charge in [-0.15, -0.1) is 0 Å². The van der Waals surface area contributed by atoms with Crippen molar-refractivity contribution in [1.82, 2.24) is 0 Å². The minimum Gasteiger partial charge on any atom is -0.423 e. The lowest BCUT2D eigenvalue weighted by atomic mass is 10.0. The molecule has 3 rings (SSSR count). The number of esters is 1. The summed E-state index contributed by atoms with van der Waals surface area (Å²) in [6.45, 7) is 4.35. The molecule has 162 valence electrons. The summed E-state index contributed by atoms with van der Waals surface area (Å²) in [5, 5.41) is 0. The molecule has 0 saturated carbocycles. The minimum absolute atomic E-state index is 0.325. The molecule has 0 heterocycles. The maximum atomic E-state index is 12.3. The van der Waals surface area contributed by atoms with Crippen molar-refractivity contribution in [3.63, 3.8) is 0 Å². The minimum atomic E-state index is -0.325. The van der Waals surface area contributed by atoms with Crippen molar-refractivity contribution in [2.24, 2.45) is 0 Å². The van der Waals surface area contributed by atoms with Crippen LogP contribution in [0.2, 0.25) is 0 Å². The van der Waals surface area contributed by atoms with Crippen molar-refractivity contribution < 1.29 is 9.53 Å². The van der Waals surface area contributed by atoms with E-state index in [2.05, 4.69) is 38.1 Å². The fraction of sp³-hybridized carbons (Fsp3) is 0.345. The van der Waals surface area contributed by atoms with E-state index in [9.17, 15) is 4.79 Å². The number of hydrogen-bond acceptors (Lipinski definition) is 2. The maximum Gasteiger partial charge on any atom is 0.343 e. The fourth-order valence-electron chi connectivity index (χ4n) is 3.73. The molecule has 3 aromatic rings. The molecular weight excluding hydrogens is 380 g/mol. The van der Waals surface area contributed by atoms with Crippen molar-refractivity contribution in [3.8, 4) is 16.9 Å². The Bertz CT molecular complexity index is 922. The van der Waals surface area contributed by atoms with Crippen LogP contribution in [-0.4, -0.2) is 5.97 Å². The zero-order valence-electron chi connectivity index (χ0n) is 18.9. The van der Waals surface area contributed by atoms with Crippen molar-refractivity contribution in [2.75, 3.05) is 0 Å². The van der Waals surface area contributed by atoms with Crippen LogP contribution in [0.1, 0.15) is 73.9 Å². The van der Waals surface area contributed by atoms with E-state index in [-0.39, 0.29) is 5.97 Å². The van der Waals surface area contributed by atoms with Gasteiger partial charge in [-0.05, 0) is 65.8 Å². The number of aryl methyl sites for hydroxylation is 2. The second-order valence-electron chi connectivity index (χ2n) is 8.18. The van der Waals surface area contributed by atoms with Crippen LogP contribution in [0.5, 0.6) is 5.75 Å². The topological polar surface area (TPSA) is 26.3 Å². The van der Waals surface area contributed by atoms with Gasteiger partial charge >= 0.3 is 5.97 Å². The predicted molar refractivity (Wildman–Crippen MR) is 130 cm³/mol. The summed E-state index contributed by atoms with van der Waals surface area (Å²) in [5.74, 6) is 0.238. The van der Waals surface area contributed by atoms with Crippen molar-refractivity contribution in [2.45, 2.75) is 65.2 Å². The van der Waals surface area contributed by atoms with Crippen LogP contribution < -0.4 is 4.74 Å². The summed E-state index contributed by atoms with van der Waals surface area (Å²) in [4.78, 5) is 12.3. The van der Waals surface area contributed by atoms with Gasteiger partial charge in [0.2, 0.25) is 0 Å². The number of hydrogen-bond donors (Lipinski definition) is 0.